The fourth-order valence-corrected chi connectivity index (χ4v) is 2.88. The predicted molar refractivity (Wildman–Crippen MR) is 79.0 cm³/mol. The Bertz CT molecular complexity index is 707. The first-order chi connectivity index (χ1) is 9.46. The third kappa shape index (κ3) is 2.93. The number of anilines is 2. The minimum absolute atomic E-state index is 0.133. The van der Waals surface area contributed by atoms with Gasteiger partial charge >= 0.3 is 0 Å². The number of H-pyrrole nitrogens is 1. The van der Waals surface area contributed by atoms with Crippen molar-refractivity contribution in [3.8, 4) is 0 Å². The highest BCUT2D eigenvalue weighted by atomic mass is 32.2. The van der Waals surface area contributed by atoms with Crippen molar-refractivity contribution < 1.29 is 8.42 Å². The van der Waals surface area contributed by atoms with Gasteiger partial charge in [0.15, 0.2) is 5.82 Å². The van der Waals surface area contributed by atoms with Crippen LogP contribution in [0.3, 0.4) is 0 Å². The molecule has 20 heavy (non-hydrogen) atoms. The first-order valence-electron chi connectivity index (χ1n) is 6.41. The van der Waals surface area contributed by atoms with Gasteiger partial charge in [-0.05, 0) is 30.5 Å². The Hall–Kier alpha value is -2.02. The lowest BCUT2D eigenvalue weighted by Crippen LogP contribution is -2.13. The smallest absolute Gasteiger partial charge is 0.263 e. The normalized spacial score (nSPS) is 11.5. The quantitative estimate of drug-likeness (QED) is 0.733. The van der Waals surface area contributed by atoms with E-state index in [1.54, 1.807) is 18.2 Å². The number of hydrogen-bond donors (Lipinski definition) is 3. The summed E-state index contributed by atoms with van der Waals surface area (Å²) in [5, 5.41) is 6.66. The highest BCUT2D eigenvalue weighted by Crippen LogP contribution is 2.20. The van der Waals surface area contributed by atoms with E-state index in [9.17, 15) is 8.42 Å². The highest BCUT2D eigenvalue weighted by Gasteiger charge is 2.16. The molecule has 0 spiro atoms. The molecule has 108 valence electrons. The van der Waals surface area contributed by atoms with Gasteiger partial charge in [-0.2, -0.15) is 5.10 Å². The molecule has 0 aliphatic rings. The molecule has 0 bridgehead atoms. The van der Waals surface area contributed by atoms with Gasteiger partial charge < -0.3 is 5.73 Å². The number of nitrogens with zero attached hydrogens (tertiary/aromatic N) is 1. The van der Waals surface area contributed by atoms with E-state index in [2.05, 4.69) is 14.9 Å². The molecule has 7 heteroatoms. The minimum Gasteiger partial charge on any atom is -0.398 e. The molecule has 0 saturated carbocycles. The maximum absolute atomic E-state index is 12.2. The zero-order valence-electron chi connectivity index (χ0n) is 11.5. The van der Waals surface area contributed by atoms with Crippen LogP contribution in [-0.4, -0.2) is 18.6 Å². The van der Waals surface area contributed by atoms with Crippen molar-refractivity contribution in [3.63, 3.8) is 0 Å². The Labute approximate surface area is 118 Å². The zero-order valence-corrected chi connectivity index (χ0v) is 12.3. The number of aryl methyl sites for hydroxylation is 2. The standard InChI is InChI=1S/C13H18N4O2S/c1-3-9-5-6-11(8-12(9)14)20(18,19)17-13-7-10(4-2)15-16-13/h5-8H,3-4,14H2,1-2H3,(H2,15,16,17). The minimum atomic E-state index is -3.67. The molecule has 1 aromatic heterocycles. The van der Waals surface area contributed by atoms with Crippen LogP contribution in [0.4, 0.5) is 11.5 Å². The van der Waals surface area contributed by atoms with Crippen molar-refractivity contribution in [3.05, 3.63) is 35.5 Å². The number of rotatable bonds is 5. The van der Waals surface area contributed by atoms with Crippen molar-refractivity contribution in [2.24, 2.45) is 0 Å². The van der Waals surface area contributed by atoms with Gasteiger partial charge in [0.05, 0.1) is 4.90 Å². The summed E-state index contributed by atoms with van der Waals surface area (Å²) >= 11 is 0. The second-order valence-corrected chi connectivity index (χ2v) is 6.13. The summed E-state index contributed by atoms with van der Waals surface area (Å²) < 4.78 is 26.9. The lowest BCUT2D eigenvalue weighted by Gasteiger charge is -2.08. The summed E-state index contributed by atoms with van der Waals surface area (Å²) in [6.45, 7) is 3.92. The van der Waals surface area contributed by atoms with Crippen LogP contribution in [0.2, 0.25) is 0 Å². The lowest BCUT2D eigenvalue weighted by molar-refractivity contribution is 0.601. The molecular formula is C13H18N4O2S. The van der Waals surface area contributed by atoms with Crippen LogP contribution in [0.25, 0.3) is 0 Å². The van der Waals surface area contributed by atoms with Crippen LogP contribution in [0.1, 0.15) is 25.1 Å². The van der Waals surface area contributed by atoms with Gasteiger partial charge in [-0.15, -0.1) is 0 Å². The molecule has 0 aliphatic carbocycles. The molecule has 0 fully saturated rings. The predicted octanol–water partition coefficient (Wildman–Crippen LogP) is 1.92. The number of benzene rings is 1. The van der Waals surface area contributed by atoms with E-state index < -0.39 is 10.0 Å². The first kappa shape index (κ1) is 14.4. The molecule has 0 amide bonds. The fraction of sp³-hybridized carbons (Fsp3) is 0.308. The average Bonchev–Trinajstić information content (AvgIpc) is 2.85. The summed E-state index contributed by atoms with van der Waals surface area (Å²) in [6, 6.07) is 6.41. The summed E-state index contributed by atoms with van der Waals surface area (Å²) in [5.41, 5.74) is 8.10. The van der Waals surface area contributed by atoms with Crippen LogP contribution < -0.4 is 10.5 Å². The largest absolute Gasteiger partial charge is 0.398 e. The third-order valence-electron chi connectivity index (χ3n) is 3.06. The van der Waals surface area contributed by atoms with E-state index in [1.165, 1.54) is 6.07 Å². The molecule has 0 atom stereocenters. The summed E-state index contributed by atoms with van der Waals surface area (Å²) in [5.74, 6) is 0.278. The second-order valence-electron chi connectivity index (χ2n) is 4.45. The van der Waals surface area contributed by atoms with Crippen molar-refractivity contribution in [2.45, 2.75) is 31.6 Å². The molecule has 6 nitrogen and oxygen atoms in total. The molecule has 1 heterocycles. The van der Waals surface area contributed by atoms with E-state index in [1.807, 2.05) is 13.8 Å². The van der Waals surface area contributed by atoms with E-state index in [0.29, 0.717) is 5.69 Å². The van der Waals surface area contributed by atoms with Crippen LogP contribution in [-0.2, 0) is 22.9 Å². The van der Waals surface area contributed by atoms with Gasteiger partial charge in [0.2, 0.25) is 0 Å². The van der Waals surface area contributed by atoms with Crippen LogP contribution in [0.5, 0.6) is 0 Å². The number of aromatic nitrogens is 2. The fourth-order valence-electron chi connectivity index (χ4n) is 1.85. The van der Waals surface area contributed by atoms with Crippen molar-refractivity contribution >= 4 is 21.5 Å². The summed E-state index contributed by atoms with van der Waals surface area (Å²) in [7, 11) is -3.67. The van der Waals surface area contributed by atoms with Crippen LogP contribution in [0, 0.1) is 0 Å². The number of nitrogens with one attached hydrogen (secondary N) is 2. The number of nitrogens with two attached hydrogens (primary N) is 1. The summed E-state index contributed by atoms with van der Waals surface area (Å²) in [6.07, 6.45) is 1.52. The van der Waals surface area contributed by atoms with Crippen molar-refractivity contribution in [1.82, 2.24) is 10.2 Å². The zero-order chi connectivity index (χ0) is 14.8. The van der Waals surface area contributed by atoms with Gasteiger partial charge in [0.1, 0.15) is 0 Å². The van der Waals surface area contributed by atoms with Gasteiger partial charge in [0.25, 0.3) is 10.0 Å². The second kappa shape index (κ2) is 5.54. The van der Waals surface area contributed by atoms with Crippen LogP contribution in [0.15, 0.2) is 29.2 Å². The van der Waals surface area contributed by atoms with E-state index >= 15 is 0 Å². The molecule has 0 aliphatic heterocycles. The summed E-state index contributed by atoms with van der Waals surface area (Å²) in [4.78, 5) is 0.133. The Morgan fingerprint density at radius 2 is 2.00 bits per heavy atom. The Morgan fingerprint density at radius 3 is 2.55 bits per heavy atom. The molecule has 4 N–H and O–H groups in total. The number of nitrogen functional groups attached to an aromatic ring is 1. The monoisotopic (exact) mass is 294 g/mol. The Balaban J connectivity index is 2.28. The van der Waals surface area contributed by atoms with E-state index in [0.717, 1.165) is 24.1 Å². The van der Waals surface area contributed by atoms with Crippen molar-refractivity contribution in [1.29, 1.82) is 0 Å². The first-order valence-corrected chi connectivity index (χ1v) is 7.90. The molecule has 0 radical (unpaired) electrons. The topological polar surface area (TPSA) is 101 Å². The number of sulfonamides is 1. The third-order valence-corrected chi connectivity index (χ3v) is 4.41. The molecule has 2 aromatic rings. The molecule has 2 rings (SSSR count). The average molecular weight is 294 g/mol. The maximum atomic E-state index is 12.2. The SMILES string of the molecule is CCc1cc(NS(=O)(=O)c2ccc(CC)c(N)c2)n[nH]1. The Morgan fingerprint density at radius 1 is 1.25 bits per heavy atom. The molecule has 1 aromatic carbocycles. The number of aromatic amines is 1. The Kier molecular flexibility index (Phi) is 3.99. The molecule has 0 unspecified atom stereocenters. The van der Waals surface area contributed by atoms with Gasteiger partial charge in [-0.25, -0.2) is 8.42 Å². The van der Waals surface area contributed by atoms with E-state index in [4.69, 9.17) is 5.73 Å². The highest BCUT2D eigenvalue weighted by molar-refractivity contribution is 7.92. The van der Waals surface area contributed by atoms with Gasteiger partial charge in [0, 0.05) is 17.4 Å². The van der Waals surface area contributed by atoms with Crippen LogP contribution >= 0.6 is 0 Å². The van der Waals surface area contributed by atoms with Gasteiger partial charge in [-0.1, -0.05) is 19.9 Å². The maximum Gasteiger partial charge on any atom is 0.263 e. The molecule has 0 saturated heterocycles. The number of hydrogen-bond acceptors (Lipinski definition) is 4. The van der Waals surface area contributed by atoms with E-state index in [-0.39, 0.29) is 10.7 Å². The van der Waals surface area contributed by atoms with Gasteiger partial charge in [-0.3, -0.25) is 9.82 Å². The lowest BCUT2D eigenvalue weighted by atomic mass is 10.1. The van der Waals surface area contributed by atoms with Crippen molar-refractivity contribution in [2.75, 3.05) is 10.5 Å². The molecular weight excluding hydrogens is 276 g/mol.